The van der Waals surface area contributed by atoms with Gasteiger partial charge in [-0.2, -0.15) is 13.2 Å². The van der Waals surface area contributed by atoms with E-state index in [0.29, 0.717) is 13.1 Å². The van der Waals surface area contributed by atoms with Gasteiger partial charge in [0, 0.05) is 31.9 Å². The molecule has 1 aromatic rings. The van der Waals surface area contributed by atoms with Gasteiger partial charge in [-0.1, -0.05) is 0 Å². The first-order chi connectivity index (χ1) is 12.7. The van der Waals surface area contributed by atoms with Crippen molar-refractivity contribution in [1.29, 1.82) is 0 Å². The molecule has 1 aliphatic heterocycles. The number of nitrogens with one attached hydrogen (secondary N) is 1. The van der Waals surface area contributed by atoms with Gasteiger partial charge in [-0.05, 0) is 31.2 Å². The van der Waals surface area contributed by atoms with Crippen LogP contribution < -0.4 is 5.32 Å². The van der Waals surface area contributed by atoms with Crippen molar-refractivity contribution in [3.63, 3.8) is 0 Å². The van der Waals surface area contributed by atoms with Crippen LogP contribution in [0.3, 0.4) is 0 Å². The summed E-state index contributed by atoms with van der Waals surface area (Å²) in [5, 5.41) is 2.40. The minimum absolute atomic E-state index is 0.174. The van der Waals surface area contributed by atoms with E-state index in [9.17, 15) is 27.6 Å². The minimum Gasteiger partial charge on any atom is -0.450 e. The predicted molar refractivity (Wildman–Crippen MR) is 89.9 cm³/mol. The number of rotatable bonds is 4. The number of ether oxygens (including phenoxy) is 1. The third-order valence-electron chi connectivity index (χ3n) is 3.97. The van der Waals surface area contributed by atoms with Gasteiger partial charge >= 0.3 is 12.3 Å². The van der Waals surface area contributed by atoms with Crippen LogP contribution in [-0.4, -0.2) is 60.5 Å². The minimum atomic E-state index is -4.45. The third-order valence-corrected chi connectivity index (χ3v) is 3.97. The molecule has 0 aromatic heterocycles. The normalized spacial score (nSPS) is 14.7. The van der Waals surface area contributed by atoms with Crippen molar-refractivity contribution in [3.8, 4) is 0 Å². The first-order valence-corrected chi connectivity index (χ1v) is 8.37. The highest BCUT2D eigenvalue weighted by Crippen LogP contribution is 2.29. The third kappa shape index (κ3) is 5.87. The lowest BCUT2D eigenvalue weighted by molar-refractivity contribution is -0.138. The number of alkyl halides is 3. The SMILES string of the molecule is CCOC(=O)N1CCN(C(=O)CC(=O)Nc2ccc(C(F)(F)F)cc2)CC1. The topological polar surface area (TPSA) is 79.0 Å². The Hall–Kier alpha value is -2.78. The van der Waals surface area contributed by atoms with Crippen LogP contribution in [0.15, 0.2) is 24.3 Å². The van der Waals surface area contributed by atoms with Crippen LogP contribution in [0.5, 0.6) is 0 Å². The Morgan fingerprint density at radius 2 is 1.59 bits per heavy atom. The average Bonchev–Trinajstić information content (AvgIpc) is 2.61. The van der Waals surface area contributed by atoms with Gasteiger partial charge in [0.25, 0.3) is 0 Å². The summed E-state index contributed by atoms with van der Waals surface area (Å²) in [5.41, 5.74) is -0.649. The number of piperazine rings is 1. The highest BCUT2D eigenvalue weighted by molar-refractivity contribution is 6.03. The Labute approximate surface area is 154 Å². The smallest absolute Gasteiger partial charge is 0.416 e. The maximum absolute atomic E-state index is 12.5. The second-order valence-corrected chi connectivity index (χ2v) is 5.87. The molecule has 1 heterocycles. The molecule has 148 valence electrons. The lowest BCUT2D eigenvalue weighted by atomic mass is 10.2. The van der Waals surface area contributed by atoms with E-state index < -0.39 is 36.1 Å². The van der Waals surface area contributed by atoms with Crippen LogP contribution in [0.25, 0.3) is 0 Å². The van der Waals surface area contributed by atoms with Gasteiger partial charge in [0.15, 0.2) is 0 Å². The fraction of sp³-hybridized carbons (Fsp3) is 0.471. The fourth-order valence-electron chi connectivity index (χ4n) is 2.55. The summed E-state index contributed by atoms with van der Waals surface area (Å²) in [6.07, 6.45) is -5.32. The average molecular weight is 387 g/mol. The quantitative estimate of drug-likeness (QED) is 0.805. The van der Waals surface area contributed by atoms with Gasteiger partial charge in [-0.3, -0.25) is 9.59 Å². The van der Waals surface area contributed by atoms with Crippen molar-refractivity contribution in [2.24, 2.45) is 0 Å². The van der Waals surface area contributed by atoms with E-state index in [1.165, 1.54) is 9.80 Å². The number of benzene rings is 1. The first-order valence-electron chi connectivity index (χ1n) is 8.37. The van der Waals surface area contributed by atoms with Crippen molar-refractivity contribution < 1.29 is 32.3 Å². The Morgan fingerprint density at radius 3 is 2.11 bits per heavy atom. The molecule has 2 rings (SSSR count). The summed E-state index contributed by atoms with van der Waals surface area (Å²) >= 11 is 0. The molecule has 0 bridgehead atoms. The van der Waals surface area contributed by atoms with Crippen LogP contribution in [0.4, 0.5) is 23.7 Å². The predicted octanol–water partition coefficient (Wildman–Crippen LogP) is 2.33. The second-order valence-electron chi connectivity index (χ2n) is 5.87. The van der Waals surface area contributed by atoms with Gasteiger partial charge < -0.3 is 19.9 Å². The van der Waals surface area contributed by atoms with E-state index in [-0.39, 0.29) is 25.4 Å². The summed E-state index contributed by atoms with van der Waals surface area (Å²) < 4.78 is 42.4. The highest BCUT2D eigenvalue weighted by atomic mass is 19.4. The number of carbonyl (C=O) groups is 3. The molecule has 3 amide bonds. The zero-order valence-electron chi connectivity index (χ0n) is 14.7. The molecule has 0 spiro atoms. The van der Waals surface area contributed by atoms with Crippen LogP contribution in [0, 0.1) is 0 Å². The van der Waals surface area contributed by atoms with Crippen molar-refractivity contribution in [2.75, 3.05) is 38.1 Å². The molecule has 1 fully saturated rings. The van der Waals surface area contributed by atoms with Crippen molar-refractivity contribution >= 4 is 23.6 Å². The monoisotopic (exact) mass is 387 g/mol. The Balaban J connectivity index is 1.81. The van der Waals surface area contributed by atoms with Gasteiger partial charge in [-0.15, -0.1) is 0 Å². The number of hydrogen-bond acceptors (Lipinski definition) is 4. The maximum atomic E-state index is 12.5. The van der Waals surface area contributed by atoms with Crippen LogP contribution >= 0.6 is 0 Å². The van der Waals surface area contributed by atoms with Crippen LogP contribution in [0.2, 0.25) is 0 Å². The number of nitrogens with zero attached hydrogens (tertiary/aromatic N) is 2. The lowest BCUT2D eigenvalue weighted by Gasteiger charge is -2.34. The van der Waals surface area contributed by atoms with Crippen molar-refractivity contribution in [2.45, 2.75) is 19.5 Å². The highest BCUT2D eigenvalue weighted by Gasteiger charge is 2.30. The van der Waals surface area contributed by atoms with Crippen molar-refractivity contribution in [3.05, 3.63) is 29.8 Å². The zero-order valence-corrected chi connectivity index (χ0v) is 14.7. The molecule has 1 saturated heterocycles. The van der Waals surface area contributed by atoms with E-state index in [0.717, 1.165) is 24.3 Å². The first kappa shape index (κ1) is 20.5. The molecule has 0 atom stereocenters. The fourth-order valence-corrected chi connectivity index (χ4v) is 2.55. The molecule has 1 aromatic carbocycles. The molecule has 1 aliphatic rings. The number of halogens is 3. The van der Waals surface area contributed by atoms with Gasteiger partial charge in [0.05, 0.1) is 12.2 Å². The summed E-state index contributed by atoms with van der Waals surface area (Å²) in [5.74, 6) is -1.03. The molecule has 27 heavy (non-hydrogen) atoms. The molecule has 0 unspecified atom stereocenters. The largest absolute Gasteiger partial charge is 0.450 e. The number of hydrogen-bond donors (Lipinski definition) is 1. The molecule has 0 radical (unpaired) electrons. The molecular formula is C17H20F3N3O4. The summed E-state index contributed by atoms with van der Waals surface area (Å²) in [6.45, 7) is 3.15. The van der Waals surface area contributed by atoms with Crippen LogP contribution in [-0.2, 0) is 20.5 Å². The second kappa shape index (κ2) is 8.74. The Kier molecular flexibility index (Phi) is 6.65. The zero-order chi connectivity index (χ0) is 20.0. The van der Waals surface area contributed by atoms with Gasteiger partial charge in [-0.25, -0.2) is 4.79 Å². The molecule has 7 nitrogen and oxygen atoms in total. The van der Waals surface area contributed by atoms with Gasteiger partial charge in [0.2, 0.25) is 11.8 Å². The maximum Gasteiger partial charge on any atom is 0.416 e. The number of carbonyl (C=O) groups excluding carboxylic acids is 3. The Morgan fingerprint density at radius 1 is 1.04 bits per heavy atom. The van der Waals surface area contributed by atoms with Crippen LogP contribution in [0.1, 0.15) is 18.9 Å². The van der Waals surface area contributed by atoms with E-state index in [1.807, 2.05) is 0 Å². The number of anilines is 1. The van der Waals surface area contributed by atoms with E-state index in [4.69, 9.17) is 4.74 Å². The summed E-state index contributed by atoms with van der Waals surface area (Å²) in [4.78, 5) is 38.7. The Bertz CT molecular complexity index is 684. The molecular weight excluding hydrogens is 367 g/mol. The standard InChI is InChI=1S/C17H20F3N3O4/c1-2-27-16(26)23-9-7-22(8-10-23)15(25)11-14(24)21-13-5-3-12(4-6-13)17(18,19)20/h3-6H,2,7-11H2,1H3,(H,21,24). The summed E-state index contributed by atoms with van der Waals surface area (Å²) in [7, 11) is 0. The van der Waals surface area contributed by atoms with E-state index in [1.54, 1.807) is 6.92 Å². The molecule has 0 saturated carbocycles. The summed E-state index contributed by atoms with van der Waals surface area (Å²) in [6, 6.07) is 3.96. The molecule has 1 N–H and O–H groups in total. The van der Waals surface area contributed by atoms with E-state index in [2.05, 4.69) is 5.32 Å². The molecule has 0 aliphatic carbocycles. The molecule has 10 heteroatoms. The lowest BCUT2D eigenvalue weighted by Crippen LogP contribution is -2.51. The van der Waals surface area contributed by atoms with Crippen molar-refractivity contribution in [1.82, 2.24) is 9.80 Å². The number of amides is 3. The van der Waals surface area contributed by atoms with Gasteiger partial charge in [0.1, 0.15) is 6.42 Å². The van der Waals surface area contributed by atoms with E-state index >= 15 is 0 Å².